The molecule has 4 fully saturated rings. The van der Waals surface area contributed by atoms with E-state index in [0.717, 1.165) is 38.5 Å². The van der Waals surface area contributed by atoms with Crippen LogP contribution in [0.2, 0.25) is 0 Å². The van der Waals surface area contributed by atoms with Crippen molar-refractivity contribution in [2.45, 2.75) is 106 Å². The van der Waals surface area contributed by atoms with Gasteiger partial charge in [-0.3, -0.25) is 4.79 Å². The summed E-state index contributed by atoms with van der Waals surface area (Å²) >= 11 is 0. The summed E-state index contributed by atoms with van der Waals surface area (Å²) in [4.78, 5) is 26.0. The van der Waals surface area contributed by atoms with Crippen LogP contribution in [0.3, 0.4) is 0 Å². The summed E-state index contributed by atoms with van der Waals surface area (Å²) in [6.07, 6.45) is 13.6. The van der Waals surface area contributed by atoms with Crippen LogP contribution in [0.25, 0.3) is 5.57 Å². The van der Waals surface area contributed by atoms with Crippen molar-refractivity contribution in [3.8, 4) is 0 Å². The zero-order chi connectivity index (χ0) is 35.0. The number of rotatable bonds is 7. The molecule has 4 saturated carbocycles. The molecular weight excluding hydrogens is 602 g/mol. The fourth-order valence-corrected chi connectivity index (χ4v) is 13.6. The molecule has 4 nitrogen and oxygen atoms in total. The van der Waals surface area contributed by atoms with Crippen molar-refractivity contribution in [1.82, 2.24) is 5.32 Å². The molecule has 0 radical (unpaired) electrons. The Balaban J connectivity index is 1.18. The molecule has 0 spiro atoms. The Hall–Kier alpha value is -3.14. The summed E-state index contributed by atoms with van der Waals surface area (Å²) in [6.45, 7) is 20.3. The van der Waals surface area contributed by atoms with Crippen LogP contribution >= 0.6 is 0 Å². The number of nitrogens with one attached hydrogen (secondary N) is 1. The van der Waals surface area contributed by atoms with E-state index in [2.05, 4.69) is 89.8 Å². The maximum atomic E-state index is 14.4. The monoisotopic (exact) mass is 661 g/mol. The highest BCUT2D eigenvalue weighted by Gasteiger charge is 2.71. The molecule has 7 rings (SSSR count). The van der Waals surface area contributed by atoms with E-state index in [9.17, 15) is 14.7 Å². The molecule has 0 bridgehead atoms. The van der Waals surface area contributed by atoms with Crippen LogP contribution in [0.4, 0.5) is 0 Å². The number of benzene rings is 2. The van der Waals surface area contributed by atoms with Crippen LogP contribution in [0.5, 0.6) is 0 Å². The first kappa shape index (κ1) is 34.3. The molecular formula is C45H59NO3. The largest absolute Gasteiger partial charge is 0.478 e. The number of aromatic carboxylic acids is 1. The van der Waals surface area contributed by atoms with Crippen LogP contribution in [-0.2, 0) is 11.2 Å². The summed E-state index contributed by atoms with van der Waals surface area (Å²) in [6, 6.07) is 18.1. The predicted octanol–water partition coefficient (Wildman–Crippen LogP) is 10.4. The second-order valence-corrected chi connectivity index (χ2v) is 18.3. The van der Waals surface area contributed by atoms with E-state index in [-0.39, 0.29) is 27.1 Å². The summed E-state index contributed by atoms with van der Waals surface area (Å²) < 4.78 is 0. The van der Waals surface area contributed by atoms with Gasteiger partial charge >= 0.3 is 5.97 Å². The highest BCUT2D eigenvalue weighted by molar-refractivity contribution is 5.88. The summed E-state index contributed by atoms with van der Waals surface area (Å²) in [5.74, 6) is 1.94. The first-order valence-electron chi connectivity index (χ1n) is 19.2. The third-order valence-electron chi connectivity index (χ3n) is 16.1. The summed E-state index contributed by atoms with van der Waals surface area (Å²) in [5, 5.41) is 13.0. The molecule has 2 N–H and O–H groups in total. The van der Waals surface area contributed by atoms with Crippen molar-refractivity contribution in [1.29, 1.82) is 0 Å². The van der Waals surface area contributed by atoms with Crippen LogP contribution in [-0.4, -0.2) is 23.5 Å². The lowest BCUT2D eigenvalue weighted by molar-refractivity contribution is -0.225. The van der Waals surface area contributed by atoms with E-state index in [1.54, 1.807) is 12.1 Å². The van der Waals surface area contributed by atoms with Gasteiger partial charge in [0.05, 0.1) is 11.0 Å². The van der Waals surface area contributed by atoms with Crippen molar-refractivity contribution in [3.63, 3.8) is 0 Å². The second kappa shape index (κ2) is 12.0. The van der Waals surface area contributed by atoms with Crippen molar-refractivity contribution < 1.29 is 14.7 Å². The van der Waals surface area contributed by atoms with Gasteiger partial charge in [0.1, 0.15) is 0 Å². The average molecular weight is 662 g/mol. The highest BCUT2D eigenvalue weighted by atomic mass is 16.4. The third kappa shape index (κ3) is 5.04. The summed E-state index contributed by atoms with van der Waals surface area (Å²) in [7, 11) is 0. The topological polar surface area (TPSA) is 66.4 Å². The van der Waals surface area contributed by atoms with E-state index in [1.165, 1.54) is 48.0 Å². The number of carboxylic acid groups (broad SMARTS) is 1. The van der Waals surface area contributed by atoms with Gasteiger partial charge in [-0.1, -0.05) is 95.3 Å². The summed E-state index contributed by atoms with van der Waals surface area (Å²) in [5.41, 5.74) is 5.75. The molecule has 0 aliphatic heterocycles. The van der Waals surface area contributed by atoms with Gasteiger partial charge in [0.25, 0.3) is 0 Å². The zero-order valence-corrected chi connectivity index (χ0v) is 30.9. The van der Waals surface area contributed by atoms with Gasteiger partial charge in [-0.05, 0) is 151 Å². The molecule has 2 aromatic rings. The maximum absolute atomic E-state index is 14.4. The van der Waals surface area contributed by atoms with Gasteiger partial charge in [0.15, 0.2) is 0 Å². The van der Waals surface area contributed by atoms with E-state index in [0.29, 0.717) is 47.6 Å². The average Bonchev–Trinajstić information content (AvgIpc) is 3.47. The molecule has 5 aliphatic rings. The van der Waals surface area contributed by atoms with Crippen molar-refractivity contribution in [3.05, 3.63) is 89.5 Å². The Morgan fingerprint density at radius 1 is 0.837 bits per heavy atom. The minimum atomic E-state index is -0.873. The molecule has 0 saturated heterocycles. The van der Waals surface area contributed by atoms with Gasteiger partial charge in [-0.15, -0.1) is 0 Å². The lowest BCUT2D eigenvalue weighted by atomic mass is 9.32. The van der Waals surface area contributed by atoms with Gasteiger partial charge in [0, 0.05) is 6.54 Å². The Kier molecular flexibility index (Phi) is 8.39. The lowest BCUT2D eigenvalue weighted by Gasteiger charge is -2.72. The number of fused-ring (bicyclic) bond motifs is 7. The standard InChI is InChI=1S/C45H59NO3/c1-29(2)33-19-25-45(40(49)46-28-22-30-11-9-8-10-12-30)27-26-43(6)35(38(33)45)17-18-37-42(5)23-20-34(31-13-15-32(16-14-31)39(47)48)41(3,4)36(42)21-24-44(37,43)7/h8-16,20,33,35-38H,1,17-19,21-28H2,2-7H3,(H,46,49)(H,47,48)/t33-,35+,36-,37+,38+,42-,43+,44+,45-/m0/s1. The van der Waals surface area contributed by atoms with E-state index in [4.69, 9.17) is 0 Å². The normalized spacial score (nSPS) is 39.0. The van der Waals surface area contributed by atoms with E-state index >= 15 is 0 Å². The Morgan fingerprint density at radius 3 is 2.22 bits per heavy atom. The van der Waals surface area contributed by atoms with E-state index in [1.807, 2.05) is 12.1 Å². The quantitative estimate of drug-likeness (QED) is 0.290. The van der Waals surface area contributed by atoms with Crippen LogP contribution < -0.4 is 5.32 Å². The fraction of sp³-hybridized carbons (Fsp3) is 0.600. The predicted molar refractivity (Wildman–Crippen MR) is 199 cm³/mol. The second-order valence-electron chi connectivity index (χ2n) is 18.3. The number of carboxylic acids is 1. The number of hydrogen-bond acceptors (Lipinski definition) is 2. The van der Waals surface area contributed by atoms with Crippen molar-refractivity contribution >= 4 is 17.4 Å². The number of amides is 1. The smallest absolute Gasteiger partial charge is 0.335 e. The molecule has 262 valence electrons. The molecule has 2 aromatic carbocycles. The van der Waals surface area contributed by atoms with Crippen molar-refractivity contribution in [2.75, 3.05) is 6.54 Å². The first-order valence-corrected chi connectivity index (χ1v) is 19.2. The Morgan fingerprint density at radius 2 is 1.55 bits per heavy atom. The van der Waals surface area contributed by atoms with E-state index < -0.39 is 5.97 Å². The highest BCUT2D eigenvalue weighted by Crippen LogP contribution is 2.77. The van der Waals surface area contributed by atoms with Gasteiger partial charge in [-0.2, -0.15) is 0 Å². The molecule has 0 aromatic heterocycles. The molecule has 4 heteroatoms. The molecule has 9 atom stereocenters. The molecule has 5 aliphatic carbocycles. The number of carbonyl (C=O) groups is 2. The number of carbonyl (C=O) groups excluding carboxylic acids is 1. The Bertz CT molecular complexity index is 1660. The molecule has 49 heavy (non-hydrogen) atoms. The SMILES string of the molecule is C=C(C)[C@@H]1CC[C@]2(C(=O)NCCc3ccccc3)CC[C@]3(C)[C@H](CC[C@@H]4[C@@]5(C)CC=C(c6ccc(C(=O)O)cc6)C(C)(C)[C@@H]5CC[C@]43C)[C@@H]12. The molecule has 0 unspecified atom stereocenters. The van der Waals surface area contributed by atoms with Crippen molar-refractivity contribution in [2.24, 2.45) is 56.7 Å². The first-order chi connectivity index (χ1) is 23.2. The third-order valence-corrected chi connectivity index (χ3v) is 16.1. The number of hydrogen-bond donors (Lipinski definition) is 2. The van der Waals surface area contributed by atoms with Gasteiger partial charge < -0.3 is 10.4 Å². The fourth-order valence-electron chi connectivity index (χ4n) is 13.6. The zero-order valence-electron chi connectivity index (χ0n) is 30.9. The van der Waals surface area contributed by atoms with Crippen LogP contribution in [0.1, 0.15) is 121 Å². The Labute approximate surface area is 295 Å². The molecule has 1 amide bonds. The van der Waals surface area contributed by atoms with Crippen LogP contribution in [0.15, 0.2) is 72.8 Å². The van der Waals surface area contributed by atoms with Gasteiger partial charge in [-0.25, -0.2) is 4.79 Å². The maximum Gasteiger partial charge on any atom is 0.335 e. The minimum absolute atomic E-state index is 0.00706. The minimum Gasteiger partial charge on any atom is -0.478 e. The molecule has 0 heterocycles. The van der Waals surface area contributed by atoms with Gasteiger partial charge in [0.2, 0.25) is 5.91 Å². The van der Waals surface area contributed by atoms with Crippen LogP contribution in [0, 0.1) is 56.7 Å². The number of allylic oxidation sites excluding steroid dienone is 3. The lowest BCUT2D eigenvalue weighted by Crippen LogP contribution is -2.66.